The maximum absolute atomic E-state index is 9.67. The Labute approximate surface area is 108 Å². The Kier molecular flexibility index (Phi) is 6.71. The number of H-pyrrole nitrogens is 1. The van der Waals surface area contributed by atoms with E-state index in [1.54, 1.807) is 18.7 Å². The summed E-state index contributed by atoms with van der Waals surface area (Å²) in [5, 5.41) is 1.20. The van der Waals surface area contributed by atoms with Gasteiger partial charge in [-0.25, -0.2) is 4.98 Å². The van der Waals surface area contributed by atoms with E-state index >= 15 is 0 Å². The number of para-hydroxylation sites is 1. The maximum Gasteiger partial charge on any atom is 0.379 e. The highest BCUT2D eigenvalue weighted by atomic mass is 19.4. The van der Waals surface area contributed by atoms with Gasteiger partial charge in [-0.3, -0.25) is 4.98 Å². The Morgan fingerprint density at radius 1 is 0.947 bits per heavy atom. The fourth-order valence-corrected chi connectivity index (χ4v) is 1.23. The van der Waals surface area contributed by atoms with Gasteiger partial charge in [0.1, 0.15) is 0 Å². The van der Waals surface area contributed by atoms with E-state index in [0.29, 0.717) is 0 Å². The molecule has 3 rings (SSSR count). The Hall–Kier alpha value is -2.37. The molecule has 0 aliphatic carbocycles. The molecule has 3 nitrogen and oxygen atoms in total. The van der Waals surface area contributed by atoms with Gasteiger partial charge in [-0.05, 0) is 12.1 Å². The third kappa shape index (κ3) is 6.82. The van der Waals surface area contributed by atoms with Gasteiger partial charge >= 0.3 is 6.68 Å². The number of nitrogens with one attached hydrogen (secondary N) is 1. The van der Waals surface area contributed by atoms with Crippen molar-refractivity contribution in [2.75, 3.05) is 0 Å². The molecule has 0 atom stereocenters. The fourth-order valence-electron chi connectivity index (χ4n) is 1.23. The van der Waals surface area contributed by atoms with Crippen LogP contribution in [0.3, 0.4) is 0 Å². The summed E-state index contributed by atoms with van der Waals surface area (Å²) in [6, 6.07) is 12.1. The van der Waals surface area contributed by atoms with Crippen LogP contribution in [0.25, 0.3) is 10.9 Å². The van der Waals surface area contributed by atoms with E-state index in [0.717, 1.165) is 5.52 Å². The quantitative estimate of drug-likeness (QED) is 0.672. The third-order valence-corrected chi connectivity index (χ3v) is 1.92. The van der Waals surface area contributed by atoms with Crippen LogP contribution < -0.4 is 0 Å². The van der Waals surface area contributed by atoms with E-state index in [4.69, 9.17) is 0 Å². The zero-order chi connectivity index (χ0) is 13.9. The van der Waals surface area contributed by atoms with Crippen molar-refractivity contribution in [2.45, 2.75) is 6.68 Å². The van der Waals surface area contributed by atoms with Crippen molar-refractivity contribution >= 4 is 10.9 Å². The van der Waals surface area contributed by atoms with Gasteiger partial charge in [0.05, 0.1) is 11.8 Å². The molecule has 2 heterocycles. The molecule has 0 bridgehead atoms. The Balaban J connectivity index is 0.000000169. The van der Waals surface area contributed by atoms with Gasteiger partial charge in [0, 0.05) is 24.0 Å². The average molecular weight is 267 g/mol. The lowest BCUT2D eigenvalue weighted by molar-refractivity contribution is 0.00819. The predicted molar refractivity (Wildman–Crippen MR) is 67.4 cm³/mol. The number of benzene rings is 1. The van der Waals surface area contributed by atoms with Crippen molar-refractivity contribution in [1.82, 2.24) is 15.0 Å². The molecule has 3 aromatic rings. The van der Waals surface area contributed by atoms with Crippen LogP contribution in [0.4, 0.5) is 13.2 Å². The SMILES string of the molecule is FC(F)F.c1c[nH]cn1.c1ccc2ncccc2c1. The number of fused-ring (bicyclic) bond motifs is 1. The van der Waals surface area contributed by atoms with Crippen molar-refractivity contribution in [3.05, 3.63) is 61.3 Å². The van der Waals surface area contributed by atoms with Gasteiger partial charge in [0.2, 0.25) is 0 Å². The van der Waals surface area contributed by atoms with Crippen molar-refractivity contribution in [2.24, 2.45) is 0 Å². The molecular weight excluding hydrogens is 255 g/mol. The first-order valence-corrected chi connectivity index (χ1v) is 5.35. The van der Waals surface area contributed by atoms with Crippen molar-refractivity contribution < 1.29 is 13.2 Å². The van der Waals surface area contributed by atoms with Gasteiger partial charge in [0.15, 0.2) is 0 Å². The Morgan fingerprint density at radius 3 is 2.16 bits per heavy atom. The zero-order valence-corrected chi connectivity index (χ0v) is 9.88. The predicted octanol–water partition coefficient (Wildman–Crippen LogP) is 3.82. The smallest absolute Gasteiger partial charge is 0.351 e. The molecule has 0 amide bonds. The van der Waals surface area contributed by atoms with Crippen LogP contribution in [0.2, 0.25) is 0 Å². The number of hydrogen-bond donors (Lipinski definition) is 1. The number of nitrogens with zero attached hydrogens (tertiary/aromatic N) is 2. The highest BCUT2D eigenvalue weighted by Gasteiger charge is 1.87. The van der Waals surface area contributed by atoms with E-state index in [-0.39, 0.29) is 0 Å². The highest BCUT2D eigenvalue weighted by Crippen LogP contribution is 2.07. The molecule has 1 aromatic carbocycles. The number of hydrogen-bond acceptors (Lipinski definition) is 2. The van der Waals surface area contributed by atoms with E-state index in [9.17, 15) is 13.2 Å². The minimum atomic E-state index is -3.67. The average Bonchev–Trinajstić information content (AvgIpc) is 2.97. The van der Waals surface area contributed by atoms with E-state index in [1.807, 2.05) is 30.5 Å². The first-order valence-electron chi connectivity index (χ1n) is 5.35. The first kappa shape index (κ1) is 14.7. The normalized spacial score (nSPS) is 9.26. The second-order valence-electron chi connectivity index (χ2n) is 3.20. The van der Waals surface area contributed by atoms with Gasteiger partial charge < -0.3 is 4.98 Å². The maximum atomic E-state index is 9.67. The van der Waals surface area contributed by atoms with Gasteiger partial charge in [-0.1, -0.05) is 24.3 Å². The molecule has 0 saturated carbocycles. The molecule has 0 radical (unpaired) electrons. The number of rotatable bonds is 0. The van der Waals surface area contributed by atoms with Crippen molar-refractivity contribution in [1.29, 1.82) is 0 Å². The van der Waals surface area contributed by atoms with Crippen LogP contribution in [0.5, 0.6) is 0 Å². The minimum absolute atomic E-state index is 1.06. The van der Waals surface area contributed by atoms with E-state index < -0.39 is 6.68 Å². The summed E-state index contributed by atoms with van der Waals surface area (Å²) in [5.74, 6) is 0. The standard InChI is InChI=1S/C9H7N.C3H4N2.CHF3/c1-2-6-9-8(4-1)5-3-7-10-9;1-2-5-3-4-1;2-1(3)4/h1-7H;1-3H,(H,4,5);1H. The number of pyridine rings is 1. The molecule has 0 unspecified atom stereocenters. The van der Waals surface area contributed by atoms with Crippen LogP contribution >= 0.6 is 0 Å². The monoisotopic (exact) mass is 267 g/mol. The molecule has 19 heavy (non-hydrogen) atoms. The van der Waals surface area contributed by atoms with Gasteiger partial charge in [-0.2, -0.15) is 13.2 Å². The number of alkyl halides is 3. The molecule has 6 heteroatoms. The highest BCUT2D eigenvalue weighted by molar-refractivity contribution is 5.77. The summed E-state index contributed by atoms with van der Waals surface area (Å²) in [6.45, 7) is -3.67. The van der Waals surface area contributed by atoms with Crippen LogP contribution in [0, 0.1) is 0 Å². The second-order valence-corrected chi connectivity index (χ2v) is 3.20. The summed E-state index contributed by atoms with van der Waals surface area (Å²) in [7, 11) is 0. The first-order chi connectivity index (χ1) is 9.20. The molecule has 0 aliphatic rings. The molecular formula is C13H12F3N3. The molecule has 0 fully saturated rings. The zero-order valence-electron chi connectivity index (χ0n) is 9.88. The van der Waals surface area contributed by atoms with Crippen LogP contribution in [0.1, 0.15) is 0 Å². The van der Waals surface area contributed by atoms with Gasteiger partial charge in [-0.15, -0.1) is 0 Å². The molecule has 0 aliphatic heterocycles. The second kappa shape index (κ2) is 8.68. The largest absolute Gasteiger partial charge is 0.379 e. The Morgan fingerprint density at radius 2 is 1.63 bits per heavy atom. The minimum Gasteiger partial charge on any atom is -0.351 e. The number of halogens is 3. The fraction of sp³-hybridized carbons (Fsp3) is 0.0769. The lowest BCUT2D eigenvalue weighted by atomic mass is 10.2. The van der Waals surface area contributed by atoms with Crippen LogP contribution in [-0.2, 0) is 0 Å². The number of aromatic nitrogens is 3. The van der Waals surface area contributed by atoms with Crippen molar-refractivity contribution in [3.63, 3.8) is 0 Å². The van der Waals surface area contributed by atoms with Crippen LogP contribution in [-0.4, -0.2) is 21.6 Å². The summed E-state index contributed by atoms with van der Waals surface area (Å²) in [5.41, 5.74) is 1.06. The molecule has 0 saturated heterocycles. The number of imidazole rings is 1. The van der Waals surface area contributed by atoms with Gasteiger partial charge in [0.25, 0.3) is 0 Å². The lowest BCUT2D eigenvalue weighted by Gasteiger charge is -1.91. The third-order valence-electron chi connectivity index (χ3n) is 1.92. The van der Waals surface area contributed by atoms with Crippen molar-refractivity contribution in [3.8, 4) is 0 Å². The van der Waals surface area contributed by atoms with E-state index in [1.165, 1.54) is 5.39 Å². The molecule has 1 N–H and O–H groups in total. The summed E-state index contributed by atoms with van der Waals surface area (Å²) in [6.07, 6.45) is 6.89. The lowest BCUT2D eigenvalue weighted by Crippen LogP contribution is -1.73. The van der Waals surface area contributed by atoms with Crippen LogP contribution in [0.15, 0.2) is 61.3 Å². The summed E-state index contributed by atoms with van der Waals surface area (Å²) < 4.78 is 29.0. The molecule has 0 spiro atoms. The summed E-state index contributed by atoms with van der Waals surface area (Å²) in [4.78, 5) is 10.6. The van der Waals surface area contributed by atoms with E-state index in [2.05, 4.69) is 27.1 Å². The molecule has 2 aromatic heterocycles. The number of aromatic amines is 1. The molecule has 100 valence electrons. The Bertz CT molecular complexity index is 470. The topological polar surface area (TPSA) is 41.6 Å². The summed E-state index contributed by atoms with van der Waals surface area (Å²) >= 11 is 0.